The number of fused-ring (bicyclic) bond motifs is 10. The summed E-state index contributed by atoms with van der Waals surface area (Å²) in [5, 5.41) is 4.17. The number of carbonyl (C=O) groups is 4. The number of aromatic nitrogens is 1. The van der Waals surface area contributed by atoms with Gasteiger partial charge in [0.2, 0.25) is 12.6 Å². The molecule has 2 N–H and O–H groups in total. The Hall–Kier alpha value is -4.63. The highest BCUT2D eigenvalue weighted by Crippen LogP contribution is 2.62. The van der Waals surface area contributed by atoms with Crippen LogP contribution in [0.4, 0.5) is 0 Å². The van der Waals surface area contributed by atoms with E-state index in [0.717, 1.165) is 39.7 Å². The fourth-order valence-electron chi connectivity index (χ4n) is 10.3. The van der Waals surface area contributed by atoms with Crippen LogP contribution in [0.2, 0.25) is 0 Å². The number of H-pyrrole nitrogens is 1. The van der Waals surface area contributed by atoms with E-state index in [1.165, 1.54) is 14.0 Å². The Morgan fingerprint density at radius 1 is 1.06 bits per heavy atom. The van der Waals surface area contributed by atoms with Crippen LogP contribution in [0.25, 0.3) is 10.9 Å². The van der Waals surface area contributed by atoms with Gasteiger partial charge in [-0.25, -0.2) is 4.79 Å². The average Bonchev–Trinajstić information content (AvgIpc) is 3.80. The van der Waals surface area contributed by atoms with Crippen LogP contribution in [0.15, 0.2) is 46.7 Å². The molecule has 3 aromatic rings. The molecule has 14 heteroatoms. The lowest BCUT2D eigenvalue weighted by molar-refractivity contribution is -0.156. The zero-order valence-corrected chi connectivity index (χ0v) is 31.4. The zero-order valence-electron chi connectivity index (χ0n) is 30.6. The van der Waals surface area contributed by atoms with Gasteiger partial charge >= 0.3 is 11.9 Å². The van der Waals surface area contributed by atoms with Crippen LogP contribution in [0, 0.1) is 6.92 Å². The van der Waals surface area contributed by atoms with Crippen LogP contribution in [0.3, 0.4) is 0 Å². The van der Waals surface area contributed by atoms with Gasteiger partial charge in [-0.1, -0.05) is 18.2 Å². The number of ketones is 2. The minimum Gasteiger partial charge on any atom is -0.492 e. The number of nitrogens with zero attached hydrogens (tertiary/aromatic N) is 2. The fraction of sp³-hybridized carbons (Fsp3) is 0.450. The number of methoxy groups -OCH3 is 1. The number of benzene rings is 2. The van der Waals surface area contributed by atoms with Gasteiger partial charge < -0.3 is 28.7 Å². The molecule has 2 fully saturated rings. The van der Waals surface area contributed by atoms with E-state index in [2.05, 4.69) is 26.2 Å². The van der Waals surface area contributed by atoms with Crippen LogP contribution in [0.5, 0.6) is 17.2 Å². The summed E-state index contributed by atoms with van der Waals surface area (Å²) >= 11 is 1.56. The first-order valence-electron chi connectivity index (χ1n) is 18.4. The SMILES string of the molecule is COC1=C(C)C(=O)C2=C(C1=O)C1C3[C@@H]4SC[C@]5(NCCc6c5[nH]c5ccccc65)C(=O)OC[C@@H](c5c6c(c(C)c(OC(C)=O)c54)OCO6)N3CC(C2)N1C. The van der Waals surface area contributed by atoms with E-state index in [1.54, 1.807) is 18.7 Å². The molecule has 2 saturated heterocycles. The molecule has 280 valence electrons. The molecule has 0 radical (unpaired) electrons. The number of rotatable bonds is 2. The average molecular weight is 753 g/mol. The fourth-order valence-corrected chi connectivity index (χ4v) is 12.0. The van der Waals surface area contributed by atoms with Gasteiger partial charge in [-0.05, 0) is 45.4 Å². The Morgan fingerprint density at radius 2 is 1.85 bits per heavy atom. The van der Waals surface area contributed by atoms with Crippen molar-refractivity contribution in [1.29, 1.82) is 0 Å². The van der Waals surface area contributed by atoms with E-state index in [-0.39, 0.29) is 48.5 Å². The first-order chi connectivity index (χ1) is 26.1. The van der Waals surface area contributed by atoms with Gasteiger partial charge in [-0.15, -0.1) is 11.8 Å². The molecule has 0 amide bonds. The molecule has 7 aliphatic heterocycles. The molecule has 54 heavy (non-hydrogen) atoms. The second-order valence-electron chi connectivity index (χ2n) is 15.3. The molecule has 2 aromatic carbocycles. The molecule has 3 unspecified atom stereocenters. The standard InChI is InChI=1S/C40H40N4O9S/c1-17-31(46)23-12-20-13-44-25-14-50-39(48)40(38-22(10-11-41-40)21-8-6-7-9-24(21)42-38)15-54-37(30(44)29(43(20)4)26(23)32(47)34(17)49-5)28-27(25)36-35(51-16-52-36)18(2)33(28)53-19(3)45/h6-9,20,25,29-30,37,41-42H,10-16H2,1-5H3/t20?,25-,29?,30?,37+,40+/m0/s1. The highest BCUT2D eigenvalue weighted by molar-refractivity contribution is 7.99. The number of piperazine rings is 1. The van der Waals surface area contributed by atoms with Crippen LogP contribution in [-0.2, 0) is 40.6 Å². The first-order valence-corrected chi connectivity index (χ1v) is 19.4. The van der Waals surface area contributed by atoms with E-state index < -0.39 is 34.9 Å². The second-order valence-corrected chi connectivity index (χ2v) is 16.4. The molecule has 0 saturated carbocycles. The molecule has 1 aromatic heterocycles. The first kappa shape index (κ1) is 33.9. The summed E-state index contributed by atoms with van der Waals surface area (Å²) in [5.41, 5.74) is 4.99. The maximum absolute atomic E-state index is 14.7. The Balaban J connectivity index is 1.22. The number of hydrogen-bond donors (Lipinski definition) is 2. The third-order valence-corrected chi connectivity index (χ3v) is 14.2. The quantitative estimate of drug-likeness (QED) is 0.223. The number of allylic oxidation sites excluding steroid dienone is 2. The molecule has 13 nitrogen and oxygen atoms in total. The van der Waals surface area contributed by atoms with Gasteiger partial charge in [-0.2, -0.15) is 0 Å². The summed E-state index contributed by atoms with van der Waals surface area (Å²) in [4.78, 5) is 64.3. The summed E-state index contributed by atoms with van der Waals surface area (Å²) in [5.74, 6) is 0.393. The number of thioether (sulfide) groups is 1. The molecule has 6 atom stereocenters. The summed E-state index contributed by atoms with van der Waals surface area (Å²) in [6.07, 6.45) is 1.13. The van der Waals surface area contributed by atoms with E-state index in [0.29, 0.717) is 59.0 Å². The molecule has 11 rings (SSSR count). The van der Waals surface area contributed by atoms with Crippen LogP contribution >= 0.6 is 11.8 Å². The van der Waals surface area contributed by atoms with Crippen molar-refractivity contribution in [1.82, 2.24) is 20.1 Å². The maximum Gasteiger partial charge on any atom is 0.333 e. The van der Waals surface area contributed by atoms with Crippen LogP contribution in [0.1, 0.15) is 59.5 Å². The number of carbonyl (C=O) groups excluding carboxylic acids is 4. The van der Waals surface area contributed by atoms with Crippen LogP contribution < -0.4 is 19.5 Å². The van der Waals surface area contributed by atoms with Gasteiger partial charge in [0.15, 0.2) is 28.6 Å². The van der Waals surface area contributed by atoms with E-state index in [4.69, 9.17) is 23.7 Å². The maximum atomic E-state index is 14.7. The summed E-state index contributed by atoms with van der Waals surface area (Å²) in [6.45, 7) is 5.92. The smallest absolute Gasteiger partial charge is 0.333 e. The minimum absolute atomic E-state index is 0.0115. The number of para-hydroxylation sites is 1. The monoisotopic (exact) mass is 752 g/mol. The largest absolute Gasteiger partial charge is 0.492 e. The van der Waals surface area contributed by atoms with Crippen molar-refractivity contribution in [3.05, 3.63) is 74.7 Å². The number of nitrogens with one attached hydrogen (secondary N) is 2. The van der Waals surface area contributed by atoms with Gasteiger partial charge in [-0.3, -0.25) is 29.5 Å². The minimum atomic E-state index is -1.23. The van der Waals surface area contributed by atoms with Crippen LogP contribution in [-0.4, -0.2) is 103 Å². The number of hydrogen-bond acceptors (Lipinski definition) is 13. The van der Waals surface area contributed by atoms with Crippen molar-refractivity contribution in [3.8, 4) is 17.2 Å². The van der Waals surface area contributed by atoms with Crippen molar-refractivity contribution in [2.75, 3.05) is 46.4 Å². The topological polar surface area (TPSA) is 149 Å². The molecular formula is C40H40N4O9S. The highest BCUT2D eigenvalue weighted by atomic mass is 32.2. The summed E-state index contributed by atoms with van der Waals surface area (Å²) < 4.78 is 30.5. The summed E-state index contributed by atoms with van der Waals surface area (Å²) in [6, 6.07) is 6.42. The number of likely N-dealkylation sites (N-methyl/N-ethyl adjacent to an activating group) is 1. The Bertz CT molecular complexity index is 2310. The Morgan fingerprint density at radius 3 is 2.65 bits per heavy atom. The summed E-state index contributed by atoms with van der Waals surface area (Å²) in [7, 11) is 3.44. The zero-order chi connectivity index (χ0) is 37.4. The van der Waals surface area contributed by atoms with Gasteiger partial charge in [0.1, 0.15) is 12.4 Å². The molecular weight excluding hydrogens is 713 g/mol. The van der Waals surface area contributed by atoms with Gasteiger partial charge in [0.25, 0.3) is 0 Å². The number of Topliss-reactive ketones (excluding diaryl/α,β-unsaturated/α-hetero) is 2. The normalized spacial score (nSPS) is 30.2. The predicted octanol–water partition coefficient (Wildman–Crippen LogP) is 3.68. The third-order valence-electron chi connectivity index (χ3n) is 12.7. The molecule has 8 heterocycles. The van der Waals surface area contributed by atoms with Crippen molar-refractivity contribution in [2.24, 2.45) is 0 Å². The number of aromatic amines is 1. The van der Waals surface area contributed by atoms with Gasteiger partial charge in [0, 0.05) is 82.2 Å². The van der Waals surface area contributed by atoms with Crippen molar-refractivity contribution in [2.45, 2.75) is 68.6 Å². The molecule has 4 bridgehead atoms. The van der Waals surface area contributed by atoms with Crippen molar-refractivity contribution in [3.63, 3.8) is 0 Å². The number of ether oxygens (including phenoxy) is 5. The lowest BCUT2D eigenvalue weighted by Crippen LogP contribution is -2.70. The third kappa shape index (κ3) is 4.39. The van der Waals surface area contributed by atoms with Gasteiger partial charge in [0.05, 0.1) is 30.1 Å². The number of esters is 2. The lowest BCUT2D eigenvalue weighted by Gasteiger charge is -2.60. The van der Waals surface area contributed by atoms with Crippen molar-refractivity contribution >= 4 is 46.2 Å². The Kier molecular flexibility index (Phi) is 7.49. The van der Waals surface area contributed by atoms with E-state index in [9.17, 15) is 19.2 Å². The predicted molar refractivity (Wildman–Crippen MR) is 196 cm³/mol. The second kappa shape index (κ2) is 11.9. The Labute approximate surface area is 315 Å². The molecule has 1 spiro atoms. The lowest BCUT2D eigenvalue weighted by atomic mass is 9.70. The van der Waals surface area contributed by atoms with E-state index in [1.807, 2.05) is 32.2 Å². The van der Waals surface area contributed by atoms with E-state index >= 15 is 0 Å². The molecule has 8 aliphatic rings. The highest BCUT2D eigenvalue weighted by Gasteiger charge is 2.60. The van der Waals surface area contributed by atoms with Crippen molar-refractivity contribution < 1.29 is 42.9 Å². The molecule has 1 aliphatic carbocycles.